The van der Waals surface area contributed by atoms with Crippen LogP contribution in [0.1, 0.15) is 13.8 Å². The van der Waals surface area contributed by atoms with Crippen molar-refractivity contribution in [3.05, 3.63) is 0 Å². The zero-order valence-corrected chi connectivity index (χ0v) is 18.9. The normalized spacial score (nSPS) is 13.2. The second-order valence-electron chi connectivity index (χ2n) is 5.26. The lowest BCUT2D eigenvalue weighted by molar-refractivity contribution is -0.148. The highest BCUT2D eigenvalue weighted by Crippen LogP contribution is 2.25. The Balaban J connectivity index is 4.32. The minimum atomic E-state index is -1.84. The van der Waals surface area contributed by atoms with E-state index in [0.717, 1.165) is 0 Å². The molecule has 29 heavy (non-hydrogen) atoms. The lowest BCUT2D eigenvalue weighted by atomic mass is 10.3. The van der Waals surface area contributed by atoms with E-state index in [-0.39, 0.29) is 6.54 Å². The van der Waals surface area contributed by atoms with E-state index in [1.54, 1.807) is 6.92 Å². The van der Waals surface area contributed by atoms with Gasteiger partial charge in [-0.15, -0.1) is 11.8 Å². The number of carbonyl (C=O) groups is 4. The first-order valence-corrected chi connectivity index (χ1v) is 10.6. The second-order valence-corrected chi connectivity index (χ2v) is 9.12. The molecule has 4 N–H and O–H groups in total. The molecule has 168 valence electrons. The van der Waals surface area contributed by atoms with Gasteiger partial charge >= 0.3 is 5.97 Å². The third-order valence-electron chi connectivity index (χ3n) is 2.90. The van der Waals surface area contributed by atoms with Crippen LogP contribution in [0, 0.1) is 0 Å². The van der Waals surface area contributed by atoms with Crippen molar-refractivity contribution in [1.82, 2.24) is 16.0 Å². The summed E-state index contributed by atoms with van der Waals surface area (Å²) in [7, 11) is 0. The number of ether oxygens (including phenoxy) is 2. The summed E-state index contributed by atoms with van der Waals surface area (Å²) < 4.78 is 8.07. The first-order valence-electron chi connectivity index (χ1n) is 8.45. The average molecular weight is 497 g/mol. The summed E-state index contributed by atoms with van der Waals surface area (Å²) in [6.45, 7) is 1.75. The van der Waals surface area contributed by atoms with Crippen molar-refractivity contribution >= 4 is 70.3 Å². The zero-order valence-electron chi connectivity index (χ0n) is 15.8. The number of hydrogen-bond acceptors (Lipinski definition) is 8. The number of aliphatic hydroxyl groups is 1. The van der Waals surface area contributed by atoms with E-state index in [2.05, 4.69) is 20.7 Å². The van der Waals surface area contributed by atoms with Gasteiger partial charge in [-0.05, 0) is 12.7 Å². The number of amides is 3. The smallest absolute Gasteiger partial charge is 0.331 e. The number of aliphatic hydroxyl groups excluding tert-OH is 1. The molecule has 0 aliphatic carbocycles. The molecule has 0 aliphatic heterocycles. The van der Waals surface area contributed by atoms with Gasteiger partial charge in [0.05, 0.1) is 19.7 Å². The Morgan fingerprint density at radius 3 is 2.21 bits per heavy atom. The Hall–Kier alpha value is -0.980. The lowest BCUT2D eigenvalue weighted by Crippen LogP contribution is -2.49. The fraction of sp³-hybridized carbons (Fsp3) is 0.733. The molecule has 10 nitrogen and oxygen atoms in total. The first-order chi connectivity index (χ1) is 13.5. The Bertz CT molecular complexity index is 558. The Morgan fingerprint density at radius 2 is 1.69 bits per heavy atom. The van der Waals surface area contributed by atoms with Crippen LogP contribution in [0.5, 0.6) is 0 Å². The van der Waals surface area contributed by atoms with Crippen molar-refractivity contribution in [2.24, 2.45) is 0 Å². The number of alkyl halides is 3. The minimum absolute atomic E-state index is 0.341. The van der Waals surface area contributed by atoms with Crippen molar-refractivity contribution in [3.8, 4) is 0 Å². The molecular formula is C15H24Cl3N3O7S. The van der Waals surface area contributed by atoms with Gasteiger partial charge in [0.25, 0.3) is 5.91 Å². The summed E-state index contributed by atoms with van der Waals surface area (Å²) in [6, 6.07) is -1.40. The van der Waals surface area contributed by atoms with Crippen LogP contribution in [0.4, 0.5) is 0 Å². The van der Waals surface area contributed by atoms with E-state index in [9.17, 15) is 24.3 Å². The molecule has 0 fully saturated rings. The summed E-state index contributed by atoms with van der Waals surface area (Å²) >= 11 is 17.6. The minimum Gasteiger partial charge on any atom is -0.460 e. The quantitative estimate of drug-likeness (QED) is 0.155. The van der Waals surface area contributed by atoms with E-state index in [1.807, 2.05) is 6.92 Å². The number of rotatable bonds is 13. The monoisotopic (exact) mass is 495 g/mol. The van der Waals surface area contributed by atoms with Crippen molar-refractivity contribution in [2.45, 2.75) is 29.1 Å². The van der Waals surface area contributed by atoms with Crippen molar-refractivity contribution in [1.29, 1.82) is 0 Å². The second kappa shape index (κ2) is 14.9. The van der Waals surface area contributed by atoms with E-state index in [0.29, 0.717) is 12.4 Å². The highest BCUT2D eigenvalue weighted by atomic mass is 35.6. The molecular weight excluding hydrogens is 473 g/mol. The molecule has 0 radical (unpaired) electrons. The molecule has 0 aromatic rings. The van der Waals surface area contributed by atoms with Crippen LogP contribution in [0.25, 0.3) is 0 Å². The Labute approximate surface area is 187 Å². The number of thioether (sulfide) groups is 1. The molecule has 0 aliphatic rings. The highest BCUT2D eigenvalue weighted by molar-refractivity contribution is 8.00. The van der Waals surface area contributed by atoms with Crippen molar-refractivity contribution in [2.75, 3.05) is 38.7 Å². The molecule has 2 atom stereocenters. The van der Waals surface area contributed by atoms with Gasteiger partial charge < -0.3 is 30.5 Å². The summed E-state index contributed by atoms with van der Waals surface area (Å²) in [5, 5.41) is 16.0. The van der Waals surface area contributed by atoms with Crippen LogP contribution in [0.2, 0.25) is 0 Å². The maximum Gasteiger partial charge on any atom is 0.331 e. The fourth-order valence-corrected chi connectivity index (χ4v) is 2.61. The van der Waals surface area contributed by atoms with Crippen molar-refractivity contribution < 1.29 is 33.8 Å². The topological polar surface area (TPSA) is 143 Å². The maximum atomic E-state index is 11.9. The van der Waals surface area contributed by atoms with E-state index < -0.39 is 58.7 Å². The summed E-state index contributed by atoms with van der Waals surface area (Å²) in [4.78, 5) is 47.2. The van der Waals surface area contributed by atoms with Gasteiger partial charge in [0.1, 0.15) is 6.61 Å². The number of hydrogen-bond donors (Lipinski definition) is 4. The predicted octanol–water partition coefficient (Wildman–Crippen LogP) is -0.275. The summed E-state index contributed by atoms with van der Waals surface area (Å²) in [5.74, 6) is -2.23. The van der Waals surface area contributed by atoms with Crippen LogP contribution in [-0.4, -0.2) is 82.7 Å². The first kappa shape index (κ1) is 28.0. The standard InChI is InChI=1S/C15H24Cl3N3O7S/c1-3-27-14(29-4-2)12(25)20-5-10(23)19-6-11(24)21-9(7-22)13(26)28-8-15(16,17)18/h9,14,22H,3-8H2,1-2H3,(H,19,23)(H,20,25)(H,21,24)/t9-,14-/m0/s1. The molecule has 0 aromatic carbocycles. The molecule has 14 heteroatoms. The van der Waals surface area contributed by atoms with Gasteiger partial charge in [0, 0.05) is 6.61 Å². The van der Waals surface area contributed by atoms with Crippen molar-refractivity contribution in [3.63, 3.8) is 0 Å². The van der Waals surface area contributed by atoms with Crippen LogP contribution < -0.4 is 16.0 Å². The van der Waals surface area contributed by atoms with Crippen LogP contribution in [0.15, 0.2) is 0 Å². The third kappa shape index (κ3) is 13.8. The lowest BCUT2D eigenvalue weighted by Gasteiger charge is -2.18. The van der Waals surface area contributed by atoms with E-state index in [4.69, 9.17) is 39.5 Å². The molecule has 3 amide bonds. The molecule has 0 aromatic heterocycles. The van der Waals surface area contributed by atoms with E-state index in [1.165, 1.54) is 11.8 Å². The molecule has 0 unspecified atom stereocenters. The SMILES string of the molecule is CCO[C@@H](SCC)C(=O)NCC(=O)NCC(=O)N[C@@H](CO)C(=O)OCC(Cl)(Cl)Cl. The van der Waals surface area contributed by atoms with Gasteiger partial charge in [0.15, 0.2) is 11.5 Å². The third-order valence-corrected chi connectivity index (χ3v) is 4.21. The molecule has 0 spiro atoms. The predicted molar refractivity (Wildman–Crippen MR) is 110 cm³/mol. The molecule has 0 rings (SSSR count). The Kier molecular flexibility index (Phi) is 14.4. The van der Waals surface area contributed by atoms with Crippen LogP contribution in [-0.2, 0) is 28.7 Å². The number of carbonyl (C=O) groups excluding carboxylic acids is 4. The Morgan fingerprint density at radius 1 is 1.07 bits per heavy atom. The van der Waals surface area contributed by atoms with Crippen LogP contribution in [0.3, 0.4) is 0 Å². The molecule has 0 saturated heterocycles. The maximum absolute atomic E-state index is 11.9. The average Bonchev–Trinajstić information content (AvgIpc) is 2.65. The number of esters is 1. The van der Waals surface area contributed by atoms with Gasteiger partial charge in [-0.25, -0.2) is 4.79 Å². The number of halogens is 3. The van der Waals surface area contributed by atoms with Crippen LogP contribution >= 0.6 is 46.6 Å². The van der Waals surface area contributed by atoms with Gasteiger partial charge in [-0.2, -0.15) is 0 Å². The zero-order chi connectivity index (χ0) is 22.4. The van der Waals surface area contributed by atoms with Gasteiger partial charge in [-0.3, -0.25) is 14.4 Å². The van der Waals surface area contributed by atoms with Gasteiger partial charge in [-0.1, -0.05) is 41.7 Å². The summed E-state index contributed by atoms with van der Waals surface area (Å²) in [5.41, 5.74) is -0.731. The summed E-state index contributed by atoms with van der Waals surface area (Å²) in [6.07, 6.45) is 0. The highest BCUT2D eigenvalue weighted by Gasteiger charge is 2.27. The van der Waals surface area contributed by atoms with Gasteiger partial charge in [0.2, 0.25) is 15.6 Å². The largest absolute Gasteiger partial charge is 0.460 e. The molecule has 0 saturated carbocycles. The molecule has 0 bridgehead atoms. The number of nitrogens with one attached hydrogen (secondary N) is 3. The van der Waals surface area contributed by atoms with E-state index >= 15 is 0 Å². The molecule has 0 heterocycles. The fourth-order valence-electron chi connectivity index (χ4n) is 1.67.